The van der Waals surface area contributed by atoms with Crippen LogP contribution in [0.4, 0.5) is 5.69 Å². The van der Waals surface area contributed by atoms with Crippen LogP contribution in [0.25, 0.3) is 0 Å². The van der Waals surface area contributed by atoms with Crippen LogP contribution in [0.15, 0.2) is 78.0 Å². The number of anilines is 1. The molecule has 1 aliphatic rings. The van der Waals surface area contributed by atoms with Gasteiger partial charge in [-0.05, 0) is 42.0 Å². The molecule has 1 N–H and O–H groups in total. The van der Waals surface area contributed by atoms with E-state index >= 15 is 0 Å². The second-order valence-corrected chi connectivity index (χ2v) is 9.00. The van der Waals surface area contributed by atoms with Crippen LogP contribution in [0.3, 0.4) is 0 Å². The first-order valence-electron chi connectivity index (χ1n) is 10.8. The maximum atomic E-state index is 12.6. The SMILES string of the molecule is O=C(CSc1nnc(COc2ccc(Cl)cc2)n1Cc1ccccc1)Nc1ccc2c(c1)OCO2. The van der Waals surface area contributed by atoms with Gasteiger partial charge >= 0.3 is 0 Å². The highest BCUT2D eigenvalue weighted by molar-refractivity contribution is 7.99. The average molecular weight is 509 g/mol. The van der Waals surface area contributed by atoms with Crippen LogP contribution >= 0.6 is 23.4 Å². The van der Waals surface area contributed by atoms with Gasteiger partial charge in [-0.3, -0.25) is 9.36 Å². The van der Waals surface area contributed by atoms with E-state index in [4.69, 9.17) is 25.8 Å². The fraction of sp³-hybridized carbons (Fsp3) is 0.160. The molecule has 0 atom stereocenters. The zero-order valence-electron chi connectivity index (χ0n) is 18.5. The molecule has 10 heteroatoms. The minimum absolute atomic E-state index is 0.165. The van der Waals surface area contributed by atoms with Gasteiger partial charge in [-0.15, -0.1) is 10.2 Å². The van der Waals surface area contributed by atoms with E-state index in [9.17, 15) is 4.79 Å². The van der Waals surface area contributed by atoms with E-state index in [1.807, 2.05) is 34.9 Å². The summed E-state index contributed by atoms with van der Waals surface area (Å²) in [5.74, 6) is 2.62. The molecule has 0 saturated heterocycles. The summed E-state index contributed by atoms with van der Waals surface area (Å²) in [5, 5.41) is 12.8. The van der Waals surface area contributed by atoms with Gasteiger partial charge in [0, 0.05) is 16.8 Å². The van der Waals surface area contributed by atoms with Crippen molar-refractivity contribution in [3.8, 4) is 17.2 Å². The Morgan fingerprint density at radius 1 is 1.03 bits per heavy atom. The van der Waals surface area contributed by atoms with Crippen molar-refractivity contribution in [2.24, 2.45) is 0 Å². The van der Waals surface area contributed by atoms with Gasteiger partial charge in [-0.2, -0.15) is 0 Å². The lowest BCUT2D eigenvalue weighted by molar-refractivity contribution is -0.113. The van der Waals surface area contributed by atoms with Gasteiger partial charge in [0.25, 0.3) is 0 Å². The van der Waals surface area contributed by atoms with Crippen LogP contribution < -0.4 is 19.5 Å². The standard InChI is InChI=1S/C25H21ClN4O4S/c26-18-6-9-20(10-7-18)32-14-23-28-29-25(30(23)13-17-4-2-1-3-5-17)35-15-24(31)27-19-8-11-21-22(12-19)34-16-33-21/h1-12H,13-16H2,(H,27,31). The van der Waals surface area contributed by atoms with Crippen molar-refractivity contribution in [1.29, 1.82) is 0 Å². The second kappa shape index (κ2) is 10.7. The normalized spacial score (nSPS) is 11.9. The Hall–Kier alpha value is -3.69. The summed E-state index contributed by atoms with van der Waals surface area (Å²) in [7, 11) is 0. The minimum atomic E-state index is -0.165. The first-order chi connectivity index (χ1) is 17.1. The number of hydrogen-bond donors (Lipinski definition) is 1. The summed E-state index contributed by atoms with van der Waals surface area (Å²) in [6, 6.07) is 22.4. The molecular weight excluding hydrogens is 488 g/mol. The molecular formula is C25H21ClN4O4S. The fourth-order valence-corrected chi connectivity index (χ4v) is 4.32. The number of thioether (sulfide) groups is 1. The molecule has 0 spiro atoms. The molecule has 0 bridgehead atoms. The van der Waals surface area contributed by atoms with E-state index < -0.39 is 0 Å². The summed E-state index contributed by atoms with van der Waals surface area (Å²) in [4.78, 5) is 12.6. The molecule has 5 rings (SSSR count). The van der Waals surface area contributed by atoms with Crippen LogP contribution in [-0.4, -0.2) is 33.2 Å². The van der Waals surface area contributed by atoms with Crippen LogP contribution in [0.2, 0.25) is 5.02 Å². The van der Waals surface area contributed by atoms with E-state index in [0.29, 0.717) is 45.5 Å². The van der Waals surface area contributed by atoms with E-state index in [2.05, 4.69) is 15.5 Å². The quantitative estimate of drug-likeness (QED) is 0.318. The number of nitrogens with one attached hydrogen (secondary N) is 1. The minimum Gasteiger partial charge on any atom is -0.486 e. The molecule has 3 aromatic carbocycles. The van der Waals surface area contributed by atoms with E-state index in [1.54, 1.807) is 42.5 Å². The molecule has 178 valence electrons. The number of halogens is 1. The fourth-order valence-electron chi connectivity index (χ4n) is 3.44. The van der Waals surface area contributed by atoms with Crippen LogP contribution in [0.5, 0.6) is 17.2 Å². The lowest BCUT2D eigenvalue weighted by Crippen LogP contribution is -2.15. The number of carbonyl (C=O) groups excluding carboxylic acids is 1. The Balaban J connectivity index is 1.27. The zero-order chi connectivity index (χ0) is 24.0. The summed E-state index contributed by atoms with van der Waals surface area (Å²) < 4.78 is 18.5. The van der Waals surface area contributed by atoms with E-state index in [1.165, 1.54) is 11.8 Å². The molecule has 1 aliphatic heterocycles. The lowest BCUT2D eigenvalue weighted by Gasteiger charge is -2.11. The first kappa shape index (κ1) is 23.1. The summed E-state index contributed by atoms with van der Waals surface area (Å²) >= 11 is 7.27. The molecule has 1 amide bonds. The molecule has 2 heterocycles. The van der Waals surface area contributed by atoms with Gasteiger partial charge in [0.1, 0.15) is 12.4 Å². The molecule has 0 radical (unpaired) electrons. The monoisotopic (exact) mass is 508 g/mol. The van der Waals surface area contributed by atoms with E-state index in [0.717, 1.165) is 5.56 Å². The number of aromatic nitrogens is 3. The number of fused-ring (bicyclic) bond motifs is 1. The Labute approximate surface area is 211 Å². The topological polar surface area (TPSA) is 87.5 Å². The van der Waals surface area contributed by atoms with Crippen molar-refractivity contribution < 1.29 is 19.0 Å². The van der Waals surface area contributed by atoms with E-state index in [-0.39, 0.29) is 25.1 Å². The molecule has 4 aromatic rings. The third-order valence-corrected chi connectivity index (χ3v) is 6.37. The molecule has 0 saturated carbocycles. The van der Waals surface area contributed by atoms with Gasteiger partial charge in [-0.1, -0.05) is 53.7 Å². The average Bonchev–Trinajstić information content (AvgIpc) is 3.49. The highest BCUT2D eigenvalue weighted by Gasteiger charge is 2.17. The van der Waals surface area contributed by atoms with Crippen LogP contribution in [0, 0.1) is 0 Å². The van der Waals surface area contributed by atoms with Crippen molar-refractivity contribution in [3.05, 3.63) is 89.2 Å². The zero-order valence-corrected chi connectivity index (χ0v) is 20.1. The molecule has 0 fully saturated rings. The predicted octanol–water partition coefficient (Wildman–Crippen LogP) is 5.02. The van der Waals surface area contributed by atoms with Gasteiger partial charge in [-0.25, -0.2) is 0 Å². The number of rotatable bonds is 9. The maximum absolute atomic E-state index is 12.6. The number of benzene rings is 3. The van der Waals surface area contributed by atoms with Gasteiger partial charge in [0.05, 0.1) is 12.3 Å². The lowest BCUT2D eigenvalue weighted by atomic mass is 10.2. The smallest absolute Gasteiger partial charge is 0.234 e. The van der Waals surface area contributed by atoms with Crippen LogP contribution in [-0.2, 0) is 17.9 Å². The number of amides is 1. The Kier molecular flexibility index (Phi) is 7.06. The molecule has 0 unspecified atom stereocenters. The summed E-state index contributed by atoms with van der Waals surface area (Å²) in [6.07, 6.45) is 0. The Morgan fingerprint density at radius 3 is 2.66 bits per heavy atom. The van der Waals surface area contributed by atoms with Crippen LogP contribution in [0.1, 0.15) is 11.4 Å². The van der Waals surface area contributed by atoms with Gasteiger partial charge < -0.3 is 19.5 Å². The Morgan fingerprint density at radius 2 is 1.83 bits per heavy atom. The molecule has 0 aliphatic carbocycles. The highest BCUT2D eigenvalue weighted by Crippen LogP contribution is 2.34. The molecule has 1 aromatic heterocycles. The molecule has 35 heavy (non-hydrogen) atoms. The highest BCUT2D eigenvalue weighted by atomic mass is 35.5. The van der Waals surface area contributed by atoms with Crippen molar-refractivity contribution >= 4 is 35.0 Å². The number of hydrogen-bond acceptors (Lipinski definition) is 7. The molecule has 8 nitrogen and oxygen atoms in total. The predicted molar refractivity (Wildman–Crippen MR) is 133 cm³/mol. The largest absolute Gasteiger partial charge is 0.486 e. The first-order valence-corrected chi connectivity index (χ1v) is 12.2. The Bertz CT molecular complexity index is 1320. The number of nitrogens with zero attached hydrogens (tertiary/aromatic N) is 3. The van der Waals surface area contributed by atoms with Gasteiger partial charge in [0.2, 0.25) is 12.7 Å². The number of ether oxygens (including phenoxy) is 3. The van der Waals surface area contributed by atoms with Crippen molar-refractivity contribution in [2.45, 2.75) is 18.3 Å². The summed E-state index contributed by atoms with van der Waals surface area (Å²) in [6.45, 7) is 0.967. The second-order valence-electron chi connectivity index (χ2n) is 7.62. The third-order valence-electron chi connectivity index (χ3n) is 5.15. The third kappa shape index (κ3) is 5.87. The summed E-state index contributed by atoms with van der Waals surface area (Å²) in [5.41, 5.74) is 1.73. The van der Waals surface area contributed by atoms with Crippen molar-refractivity contribution in [1.82, 2.24) is 14.8 Å². The van der Waals surface area contributed by atoms with Crippen molar-refractivity contribution in [3.63, 3.8) is 0 Å². The number of carbonyl (C=O) groups is 1. The van der Waals surface area contributed by atoms with Gasteiger partial charge in [0.15, 0.2) is 22.5 Å². The maximum Gasteiger partial charge on any atom is 0.234 e. The van der Waals surface area contributed by atoms with Crippen molar-refractivity contribution in [2.75, 3.05) is 17.9 Å².